The van der Waals surface area contributed by atoms with Crippen LogP contribution in [0.25, 0.3) is 10.2 Å². The fourth-order valence-electron chi connectivity index (χ4n) is 1.25. The third-order valence-corrected chi connectivity index (χ3v) is 4.07. The Morgan fingerprint density at radius 1 is 1.60 bits per heavy atom. The summed E-state index contributed by atoms with van der Waals surface area (Å²) in [6.07, 6.45) is 0. The highest BCUT2D eigenvalue weighted by atomic mass is 32.2. The number of aromatic nitrogens is 1. The van der Waals surface area contributed by atoms with Gasteiger partial charge in [-0.2, -0.15) is 0 Å². The highest BCUT2D eigenvalue weighted by Gasteiger charge is 2.07. The number of carboxylic acid groups (broad SMARTS) is 1. The van der Waals surface area contributed by atoms with Crippen LogP contribution >= 0.6 is 23.1 Å². The van der Waals surface area contributed by atoms with Crippen molar-refractivity contribution in [3.8, 4) is 0 Å². The zero-order valence-corrected chi connectivity index (χ0v) is 9.69. The van der Waals surface area contributed by atoms with Crippen molar-refractivity contribution >= 4 is 39.3 Å². The van der Waals surface area contributed by atoms with Crippen molar-refractivity contribution in [2.45, 2.75) is 11.3 Å². The van der Waals surface area contributed by atoms with Gasteiger partial charge in [0.05, 0.1) is 16.0 Å². The topological polar surface area (TPSA) is 50.2 Å². The van der Waals surface area contributed by atoms with Gasteiger partial charge in [0.1, 0.15) is 0 Å². The zero-order valence-electron chi connectivity index (χ0n) is 8.06. The number of nitrogens with zero attached hydrogens (tertiary/aromatic N) is 1. The molecule has 0 aliphatic rings. The number of thioether (sulfide) groups is 1. The summed E-state index contributed by atoms with van der Waals surface area (Å²) >= 11 is 2.81. The van der Waals surface area contributed by atoms with E-state index in [1.807, 2.05) is 25.1 Å². The van der Waals surface area contributed by atoms with Crippen molar-refractivity contribution in [1.82, 2.24) is 4.98 Å². The molecule has 15 heavy (non-hydrogen) atoms. The highest BCUT2D eigenvalue weighted by molar-refractivity contribution is 8.01. The summed E-state index contributed by atoms with van der Waals surface area (Å²) in [5.41, 5.74) is 2.11. The summed E-state index contributed by atoms with van der Waals surface area (Å²) in [5, 5.41) is 8.56. The van der Waals surface area contributed by atoms with E-state index in [1.54, 1.807) is 11.3 Å². The van der Waals surface area contributed by atoms with Crippen LogP contribution in [0, 0.1) is 6.92 Å². The number of aryl methyl sites for hydroxylation is 1. The van der Waals surface area contributed by atoms with Gasteiger partial charge in [0, 0.05) is 0 Å². The van der Waals surface area contributed by atoms with Crippen molar-refractivity contribution in [1.29, 1.82) is 0 Å². The lowest BCUT2D eigenvalue weighted by Crippen LogP contribution is -1.96. The Bertz CT molecular complexity index is 507. The molecular formula is C10H9NO2S2. The van der Waals surface area contributed by atoms with Gasteiger partial charge < -0.3 is 5.11 Å². The molecule has 0 aliphatic heterocycles. The maximum absolute atomic E-state index is 10.4. The van der Waals surface area contributed by atoms with E-state index >= 15 is 0 Å². The van der Waals surface area contributed by atoms with Crippen LogP contribution < -0.4 is 0 Å². The average Bonchev–Trinajstić information content (AvgIpc) is 2.59. The van der Waals surface area contributed by atoms with Crippen LogP contribution in [-0.4, -0.2) is 21.8 Å². The molecule has 1 aromatic heterocycles. The second-order valence-electron chi connectivity index (χ2n) is 3.08. The van der Waals surface area contributed by atoms with E-state index in [-0.39, 0.29) is 5.75 Å². The Hall–Kier alpha value is -1.07. The molecule has 2 rings (SSSR count). The summed E-state index contributed by atoms with van der Waals surface area (Å²) in [4.78, 5) is 14.8. The van der Waals surface area contributed by atoms with Crippen LogP contribution in [0.4, 0.5) is 0 Å². The largest absolute Gasteiger partial charge is 0.481 e. The molecule has 1 N–H and O–H groups in total. The van der Waals surface area contributed by atoms with Crippen LogP contribution in [0.2, 0.25) is 0 Å². The second-order valence-corrected chi connectivity index (χ2v) is 5.34. The van der Waals surface area contributed by atoms with E-state index in [1.165, 1.54) is 11.8 Å². The van der Waals surface area contributed by atoms with Gasteiger partial charge in [-0.1, -0.05) is 23.9 Å². The Morgan fingerprint density at radius 3 is 3.07 bits per heavy atom. The standard InChI is InChI=1S/C10H9NO2S2/c1-6-3-2-4-7-9(6)11-10(15-7)14-5-8(12)13/h2-4H,5H2,1H3,(H,12,13). The average molecular weight is 239 g/mol. The summed E-state index contributed by atoms with van der Waals surface area (Å²) in [5.74, 6) is -0.741. The van der Waals surface area contributed by atoms with Crippen LogP contribution in [0.5, 0.6) is 0 Å². The Balaban J connectivity index is 2.31. The molecule has 0 spiro atoms. The molecule has 5 heteroatoms. The SMILES string of the molecule is Cc1cccc2sc(SCC(=O)O)nc12. The molecule has 0 radical (unpaired) electrons. The molecule has 3 nitrogen and oxygen atoms in total. The van der Waals surface area contributed by atoms with Gasteiger partial charge in [0.25, 0.3) is 0 Å². The normalized spacial score (nSPS) is 10.7. The number of carboxylic acids is 1. The van der Waals surface area contributed by atoms with Crippen molar-refractivity contribution in [3.05, 3.63) is 23.8 Å². The minimum atomic E-state index is -0.809. The number of para-hydroxylation sites is 1. The first-order chi connectivity index (χ1) is 7.16. The first-order valence-corrected chi connectivity index (χ1v) is 6.18. The number of carbonyl (C=O) groups is 1. The summed E-state index contributed by atoms with van der Waals surface area (Å²) in [7, 11) is 0. The third kappa shape index (κ3) is 2.30. The number of thiazole rings is 1. The van der Waals surface area contributed by atoms with Crippen LogP contribution in [0.1, 0.15) is 5.56 Å². The van der Waals surface area contributed by atoms with E-state index in [0.717, 1.165) is 20.1 Å². The fraction of sp³-hybridized carbons (Fsp3) is 0.200. The minimum Gasteiger partial charge on any atom is -0.481 e. The lowest BCUT2D eigenvalue weighted by Gasteiger charge is -1.90. The first-order valence-electron chi connectivity index (χ1n) is 4.37. The molecule has 0 amide bonds. The van der Waals surface area contributed by atoms with E-state index in [0.29, 0.717) is 0 Å². The second kappa shape index (κ2) is 4.20. The van der Waals surface area contributed by atoms with Gasteiger partial charge in [0.15, 0.2) is 4.34 Å². The molecule has 0 saturated heterocycles. The summed E-state index contributed by atoms with van der Waals surface area (Å²) in [6.45, 7) is 2.01. The van der Waals surface area contributed by atoms with Gasteiger partial charge in [0.2, 0.25) is 0 Å². The van der Waals surface area contributed by atoms with Crippen LogP contribution in [0.15, 0.2) is 22.5 Å². The summed E-state index contributed by atoms with van der Waals surface area (Å²) in [6, 6.07) is 6.00. The predicted octanol–water partition coefficient (Wildman–Crippen LogP) is 2.78. The third-order valence-electron chi connectivity index (χ3n) is 1.92. The molecule has 0 bridgehead atoms. The number of rotatable bonds is 3. The maximum atomic E-state index is 10.4. The molecule has 0 aliphatic carbocycles. The lowest BCUT2D eigenvalue weighted by atomic mass is 10.2. The number of benzene rings is 1. The van der Waals surface area contributed by atoms with E-state index in [2.05, 4.69) is 4.98 Å². The molecule has 0 unspecified atom stereocenters. The Kier molecular flexibility index (Phi) is 2.93. The van der Waals surface area contributed by atoms with E-state index in [4.69, 9.17) is 5.11 Å². The number of hydrogen-bond acceptors (Lipinski definition) is 4. The minimum absolute atomic E-state index is 0.0683. The molecule has 78 valence electrons. The summed E-state index contributed by atoms with van der Waals surface area (Å²) < 4.78 is 1.93. The van der Waals surface area contributed by atoms with E-state index in [9.17, 15) is 4.79 Å². The van der Waals surface area contributed by atoms with Crippen LogP contribution in [0.3, 0.4) is 0 Å². The lowest BCUT2D eigenvalue weighted by molar-refractivity contribution is -0.133. The van der Waals surface area contributed by atoms with Crippen LogP contribution in [-0.2, 0) is 4.79 Å². The van der Waals surface area contributed by atoms with Crippen molar-refractivity contribution < 1.29 is 9.90 Å². The molecule has 2 aromatic rings. The van der Waals surface area contributed by atoms with Crippen molar-refractivity contribution in [3.63, 3.8) is 0 Å². The van der Waals surface area contributed by atoms with Crippen molar-refractivity contribution in [2.75, 3.05) is 5.75 Å². The van der Waals surface area contributed by atoms with Gasteiger partial charge in [-0.15, -0.1) is 11.3 Å². The van der Waals surface area contributed by atoms with Gasteiger partial charge >= 0.3 is 5.97 Å². The quantitative estimate of drug-likeness (QED) is 0.837. The molecule has 1 aromatic carbocycles. The maximum Gasteiger partial charge on any atom is 0.313 e. The smallest absolute Gasteiger partial charge is 0.313 e. The molecule has 0 saturated carbocycles. The Morgan fingerprint density at radius 2 is 2.40 bits per heavy atom. The first kappa shape index (κ1) is 10.4. The monoisotopic (exact) mass is 239 g/mol. The molecule has 0 fully saturated rings. The zero-order chi connectivity index (χ0) is 10.8. The van der Waals surface area contributed by atoms with Gasteiger partial charge in [-0.3, -0.25) is 4.79 Å². The molecule has 1 heterocycles. The fourth-order valence-corrected chi connectivity index (χ4v) is 3.11. The molecular weight excluding hydrogens is 230 g/mol. The van der Waals surface area contributed by atoms with Gasteiger partial charge in [-0.05, 0) is 18.6 Å². The molecule has 0 atom stereocenters. The van der Waals surface area contributed by atoms with E-state index < -0.39 is 5.97 Å². The van der Waals surface area contributed by atoms with Crippen molar-refractivity contribution in [2.24, 2.45) is 0 Å². The van der Waals surface area contributed by atoms with Gasteiger partial charge in [-0.25, -0.2) is 4.98 Å². The highest BCUT2D eigenvalue weighted by Crippen LogP contribution is 2.30. The number of aliphatic carboxylic acids is 1. The predicted molar refractivity (Wildman–Crippen MR) is 62.7 cm³/mol. The number of hydrogen-bond donors (Lipinski definition) is 1. The Labute approximate surface area is 95.1 Å². The number of fused-ring (bicyclic) bond motifs is 1.